The zero-order valence-electron chi connectivity index (χ0n) is 19.3. The highest BCUT2D eigenvalue weighted by atomic mass is 79.9. The van der Waals surface area contributed by atoms with E-state index in [-0.39, 0.29) is 12.3 Å². The SMILES string of the molecule is Cc1cc(/C=N\OCc2cccc([N+](=O)[O-])c2)c(C)n1-c1ccc(OCc2ccc(Br)cc2)cc1. The van der Waals surface area contributed by atoms with E-state index in [0.717, 1.165) is 38.4 Å². The van der Waals surface area contributed by atoms with Gasteiger partial charge in [0.25, 0.3) is 5.69 Å². The maximum atomic E-state index is 10.9. The quantitative estimate of drug-likeness (QED) is 0.133. The van der Waals surface area contributed by atoms with E-state index in [1.807, 2.05) is 68.4 Å². The molecule has 0 atom stereocenters. The van der Waals surface area contributed by atoms with Crippen molar-refractivity contribution in [2.24, 2.45) is 5.16 Å². The number of aromatic nitrogens is 1. The molecule has 0 aliphatic carbocycles. The number of hydrogen-bond acceptors (Lipinski definition) is 5. The second kappa shape index (κ2) is 11.0. The highest BCUT2D eigenvalue weighted by molar-refractivity contribution is 9.10. The van der Waals surface area contributed by atoms with Crippen LogP contribution in [0.15, 0.2) is 88.5 Å². The first-order valence-electron chi connectivity index (χ1n) is 11.0. The molecule has 8 heteroatoms. The summed E-state index contributed by atoms with van der Waals surface area (Å²) in [4.78, 5) is 15.8. The fourth-order valence-corrected chi connectivity index (χ4v) is 3.98. The number of aryl methyl sites for hydroxylation is 1. The molecule has 0 spiro atoms. The molecule has 0 saturated heterocycles. The molecule has 0 aliphatic rings. The number of oxime groups is 1. The summed E-state index contributed by atoms with van der Waals surface area (Å²) in [5.41, 5.74) is 5.85. The lowest BCUT2D eigenvalue weighted by molar-refractivity contribution is -0.384. The Morgan fingerprint density at radius 1 is 0.971 bits per heavy atom. The Hall–Kier alpha value is -3.91. The summed E-state index contributed by atoms with van der Waals surface area (Å²) in [7, 11) is 0. The summed E-state index contributed by atoms with van der Waals surface area (Å²) in [5, 5.41) is 15.0. The van der Waals surface area contributed by atoms with E-state index in [2.05, 4.69) is 25.7 Å². The Bertz CT molecular complexity index is 1350. The topological polar surface area (TPSA) is 78.9 Å². The predicted molar refractivity (Wildman–Crippen MR) is 139 cm³/mol. The van der Waals surface area contributed by atoms with Gasteiger partial charge in [-0.05, 0) is 67.4 Å². The van der Waals surface area contributed by atoms with Crippen LogP contribution in [0.3, 0.4) is 0 Å². The zero-order chi connectivity index (χ0) is 24.8. The van der Waals surface area contributed by atoms with E-state index in [9.17, 15) is 10.1 Å². The van der Waals surface area contributed by atoms with Gasteiger partial charge in [0, 0.05) is 39.2 Å². The Morgan fingerprint density at radius 2 is 1.71 bits per heavy atom. The van der Waals surface area contributed by atoms with E-state index in [1.165, 1.54) is 12.1 Å². The minimum atomic E-state index is -0.428. The van der Waals surface area contributed by atoms with Crippen molar-refractivity contribution in [2.75, 3.05) is 0 Å². The molecule has 0 bridgehead atoms. The van der Waals surface area contributed by atoms with Gasteiger partial charge in [0.15, 0.2) is 0 Å². The summed E-state index contributed by atoms with van der Waals surface area (Å²) >= 11 is 3.44. The number of nitro groups is 1. The van der Waals surface area contributed by atoms with E-state index < -0.39 is 4.92 Å². The molecule has 4 aromatic rings. The number of benzene rings is 3. The molecule has 7 nitrogen and oxygen atoms in total. The Kier molecular flexibility index (Phi) is 7.62. The standard InChI is InChI=1S/C27H24BrN3O4/c1-19-14-23(16-29-35-18-22-4-3-5-26(15-22)31(32)33)20(2)30(19)25-10-12-27(13-11-25)34-17-21-6-8-24(28)9-7-21/h3-16H,17-18H2,1-2H3/b29-16-. The van der Waals surface area contributed by atoms with Crippen molar-refractivity contribution in [3.63, 3.8) is 0 Å². The van der Waals surface area contributed by atoms with Crippen LogP contribution in [0.1, 0.15) is 28.1 Å². The Balaban J connectivity index is 1.39. The zero-order valence-corrected chi connectivity index (χ0v) is 20.9. The van der Waals surface area contributed by atoms with Crippen LogP contribution < -0.4 is 4.74 Å². The monoisotopic (exact) mass is 533 g/mol. The molecule has 4 rings (SSSR count). The predicted octanol–water partition coefficient (Wildman–Crippen LogP) is 6.89. The van der Waals surface area contributed by atoms with Gasteiger partial charge in [0.2, 0.25) is 0 Å². The third-order valence-electron chi connectivity index (χ3n) is 5.50. The van der Waals surface area contributed by atoms with Crippen LogP contribution in [-0.2, 0) is 18.1 Å². The minimum Gasteiger partial charge on any atom is -0.489 e. The number of non-ortho nitro benzene ring substituents is 1. The Morgan fingerprint density at radius 3 is 2.43 bits per heavy atom. The average Bonchev–Trinajstić information content (AvgIpc) is 3.14. The van der Waals surface area contributed by atoms with Crippen LogP contribution in [0.4, 0.5) is 5.69 Å². The molecule has 0 aliphatic heterocycles. The number of nitro benzene ring substituents is 1. The first-order valence-corrected chi connectivity index (χ1v) is 11.8. The third kappa shape index (κ3) is 6.16. The first-order chi connectivity index (χ1) is 16.9. The largest absolute Gasteiger partial charge is 0.489 e. The second-order valence-corrected chi connectivity index (χ2v) is 8.92. The molecule has 178 valence electrons. The van der Waals surface area contributed by atoms with Crippen molar-refractivity contribution in [1.82, 2.24) is 4.57 Å². The highest BCUT2D eigenvalue weighted by Gasteiger charge is 2.10. The minimum absolute atomic E-state index is 0.0309. The van der Waals surface area contributed by atoms with Gasteiger partial charge >= 0.3 is 0 Å². The van der Waals surface area contributed by atoms with Crippen molar-refractivity contribution in [1.29, 1.82) is 0 Å². The van der Waals surface area contributed by atoms with Gasteiger partial charge in [0.1, 0.15) is 19.0 Å². The van der Waals surface area contributed by atoms with Crippen molar-refractivity contribution in [3.8, 4) is 11.4 Å². The van der Waals surface area contributed by atoms with Crippen LogP contribution in [0.5, 0.6) is 5.75 Å². The fraction of sp³-hybridized carbons (Fsp3) is 0.148. The van der Waals surface area contributed by atoms with Crippen molar-refractivity contribution in [2.45, 2.75) is 27.1 Å². The van der Waals surface area contributed by atoms with Gasteiger partial charge in [-0.25, -0.2) is 0 Å². The van der Waals surface area contributed by atoms with Crippen molar-refractivity contribution >= 4 is 27.8 Å². The van der Waals surface area contributed by atoms with Crippen LogP contribution in [0.2, 0.25) is 0 Å². The van der Waals surface area contributed by atoms with Crippen molar-refractivity contribution in [3.05, 3.63) is 122 Å². The molecular formula is C27H24BrN3O4. The average molecular weight is 534 g/mol. The molecule has 0 fully saturated rings. The maximum Gasteiger partial charge on any atom is 0.269 e. The summed E-state index contributed by atoms with van der Waals surface area (Å²) in [6, 6.07) is 24.4. The Labute approximate surface area is 211 Å². The van der Waals surface area contributed by atoms with E-state index in [0.29, 0.717) is 12.2 Å². The number of rotatable bonds is 9. The molecule has 0 radical (unpaired) electrons. The van der Waals surface area contributed by atoms with Crippen molar-refractivity contribution < 1.29 is 14.5 Å². The van der Waals surface area contributed by atoms with E-state index in [1.54, 1.807) is 18.3 Å². The van der Waals surface area contributed by atoms with E-state index >= 15 is 0 Å². The van der Waals surface area contributed by atoms with Gasteiger partial charge in [-0.2, -0.15) is 0 Å². The molecule has 1 heterocycles. The van der Waals surface area contributed by atoms with Gasteiger partial charge in [0.05, 0.1) is 11.1 Å². The van der Waals surface area contributed by atoms with Gasteiger partial charge in [-0.15, -0.1) is 0 Å². The molecule has 0 saturated carbocycles. The number of halogens is 1. The number of hydrogen-bond donors (Lipinski definition) is 0. The molecular weight excluding hydrogens is 510 g/mol. The lowest BCUT2D eigenvalue weighted by Crippen LogP contribution is -2.00. The summed E-state index contributed by atoms with van der Waals surface area (Å²) in [6.07, 6.45) is 1.66. The van der Waals surface area contributed by atoms with Crippen LogP contribution >= 0.6 is 15.9 Å². The van der Waals surface area contributed by atoms with Gasteiger partial charge in [-0.3, -0.25) is 10.1 Å². The summed E-state index contributed by atoms with van der Waals surface area (Å²) in [5.74, 6) is 0.801. The van der Waals surface area contributed by atoms with Gasteiger partial charge in [-0.1, -0.05) is 45.4 Å². The highest BCUT2D eigenvalue weighted by Crippen LogP contribution is 2.23. The normalized spacial score (nSPS) is 11.1. The second-order valence-electron chi connectivity index (χ2n) is 8.01. The molecule has 35 heavy (non-hydrogen) atoms. The lowest BCUT2D eigenvalue weighted by atomic mass is 10.2. The molecule has 1 aromatic heterocycles. The summed E-state index contributed by atoms with van der Waals surface area (Å²) < 4.78 is 9.09. The molecule has 0 unspecified atom stereocenters. The summed E-state index contributed by atoms with van der Waals surface area (Å²) in [6.45, 7) is 4.71. The van der Waals surface area contributed by atoms with Crippen LogP contribution in [0.25, 0.3) is 5.69 Å². The third-order valence-corrected chi connectivity index (χ3v) is 6.03. The molecule has 0 amide bonds. The fourth-order valence-electron chi connectivity index (χ4n) is 3.72. The van der Waals surface area contributed by atoms with E-state index in [4.69, 9.17) is 9.57 Å². The smallest absolute Gasteiger partial charge is 0.269 e. The number of nitrogens with zero attached hydrogens (tertiary/aromatic N) is 3. The maximum absolute atomic E-state index is 10.9. The van der Waals surface area contributed by atoms with Gasteiger partial charge < -0.3 is 14.1 Å². The molecule has 0 N–H and O–H groups in total. The lowest BCUT2D eigenvalue weighted by Gasteiger charge is -2.11. The first kappa shape index (κ1) is 24.2. The van der Waals surface area contributed by atoms with Crippen LogP contribution in [-0.4, -0.2) is 15.7 Å². The number of ether oxygens (including phenoxy) is 1. The molecule has 3 aromatic carbocycles. The van der Waals surface area contributed by atoms with Crippen LogP contribution in [0, 0.1) is 24.0 Å².